The van der Waals surface area contributed by atoms with Gasteiger partial charge >= 0.3 is 5.69 Å². The van der Waals surface area contributed by atoms with Crippen molar-refractivity contribution in [2.45, 2.75) is 25.4 Å². The average Bonchev–Trinajstić information content (AvgIpc) is 2.47. The van der Waals surface area contributed by atoms with Crippen molar-refractivity contribution in [3.8, 4) is 5.88 Å². The Morgan fingerprint density at radius 1 is 1.29 bits per heavy atom. The Morgan fingerprint density at radius 2 is 2.10 bits per heavy atom. The molecule has 6 heteroatoms. The van der Waals surface area contributed by atoms with Crippen molar-refractivity contribution in [2.24, 2.45) is 0 Å². The summed E-state index contributed by atoms with van der Waals surface area (Å²) in [5, 5.41) is 11.2. The lowest BCUT2D eigenvalue weighted by molar-refractivity contribution is -0.386. The van der Waals surface area contributed by atoms with E-state index in [0.29, 0.717) is 0 Å². The lowest BCUT2D eigenvalue weighted by Crippen LogP contribution is -2.16. The third kappa shape index (κ3) is 2.83. The zero-order valence-corrected chi connectivity index (χ0v) is 11.9. The molecule has 0 radical (unpaired) electrons. The normalized spacial score (nSPS) is 17.1. The maximum absolute atomic E-state index is 11.1. The molecule has 0 saturated carbocycles. The molecule has 0 amide bonds. The van der Waals surface area contributed by atoms with Gasteiger partial charge in [-0.2, -0.15) is 4.98 Å². The van der Waals surface area contributed by atoms with Crippen LogP contribution in [0.25, 0.3) is 0 Å². The molecule has 108 valence electrons. The van der Waals surface area contributed by atoms with Gasteiger partial charge in [-0.3, -0.25) is 10.1 Å². The summed E-state index contributed by atoms with van der Waals surface area (Å²) in [7, 11) is 0. The summed E-state index contributed by atoms with van der Waals surface area (Å²) in [4.78, 5) is 14.5. The molecule has 1 aliphatic rings. The Bertz CT molecular complexity index is 690. The molecule has 1 aliphatic carbocycles. The molecule has 1 atom stereocenters. The van der Waals surface area contributed by atoms with Gasteiger partial charge in [-0.15, -0.1) is 0 Å². The number of pyridine rings is 1. The van der Waals surface area contributed by atoms with Crippen LogP contribution >= 0.6 is 11.6 Å². The Kier molecular flexibility index (Phi) is 3.75. The van der Waals surface area contributed by atoms with Crippen LogP contribution in [-0.4, -0.2) is 9.91 Å². The fourth-order valence-corrected chi connectivity index (χ4v) is 2.74. The summed E-state index contributed by atoms with van der Waals surface area (Å²) in [5.41, 5.74) is 2.13. The smallest absolute Gasteiger partial charge is 0.331 e. The number of halogens is 1. The largest absolute Gasteiger partial charge is 0.465 e. The minimum absolute atomic E-state index is 0.0193. The van der Waals surface area contributed by atoms with E-state index in [-0.39, 0.29) is 22.8 Å². The summed E-state index contributed by atoms with van der Waals surface area (Å²) in [6.45, 7) is 0. The first kappa shape index (κ1) is 13.8. The first-order chi connectivity index (χ1) is 10.1. The van der Waals surface area contributed by atoms with Crippen LogP contribution in [0.15, 0.2) is 36.4 Å². The topological polar surface area (TPSA) is 65.3 Å². The second-order valence-corrected chi connectivity index (χ2v) is 5.30. The first-order valence-electron chi connectivity index (χ1n) is 6.70. The van der Waals surface area contributed by atoms with Gasteiger partial charge in [0.05, 0.1) is 4.92 Å². The number of fused-ring (bicyclic) bond motifs is 1. The number of hydrogen-bond donors (Lipinski definition) is 0. The first-order valence-corrected chi connectivity index (χ1v) is 7.08. The summed E-state index contributed by atoms with van der Waals surface area (Å²) in [5.74, 6) is -0.0193. The van der Waals surface area contributed by atoms with E-state index in [4.69, 9.17) is 16.3 Å². The summed E-state index contributed by atoms with van der Waals surface area (Å²) in [6.07, 6.45) is 2.57. The van der Waals surface area contributed by atoms with Gasteiger partial charge in [0.1, 0.15) is 11.3 Å². The third-order valence-corrected chi connectivity index (χ3v) is 3.78. The van der Waals surface area contributed by atoms with E-state index in [1.807, 2.05) is 18.2 Å². The molecule has 5 nitrogen and oxygen atoms in total. The van der Waals surface area contributed by atoms with Crippen molar-refractivity contribution in [2.75, 3.05) is 0 Å². The van der Waals surface area contributed by atoms with Crippen LogP contribution in [0.2, 0.25) is 5.15 Å². The molecule has 0 aliphatic heterocycles. The number of aromatic nitrogens is 1. The number of aryl methyl sites for hydroxylation is 1. The quantitative estimate of drug-likeness (QED) is 0.486. The van der Waals surface area contributed by atoms with Crippen LogP contribution in [-0.2, 0) is 6.42 Å². The molecular weight excluding hydrogens is 292 g/mol. The number of ether oxygens (including phenoxy) is 1. The number of hydrogen-bond acceptors (Lipinski definition) is 4. The highest BCUT2D eigenvalue weighted by atomic mass is 35.5. The van der Waals surface area contributed by atoms with Crippen LogP contribution in [0, 0.1) is 10.1 Å². The molecule has 1 aromatic carbocycles. The highest BCUT2D eigenvalue weighted by Crippen LogP contribution is 2.36. The van der Waals surface area contributed by atoms with E-state index < -0.39 is 4.92 Å². The minimum atomic E-state index is -0.507. The molecule has 21 heavy (non-hydrogen) atoms. The van der Waals surface area contributed by atoms with Crippen LogP contribution in [0.1, 0.15) is 30.1 Å². The predicted molar refractivity (Wildman–Crippen MR) is 78.7 cm³/mol. The fraction of sp³-hybridized carbons (Fsp3) is 0.267. The maximum Gasteiger partial charge on any atom is 0.331 e. The molecule has 3 rings (SSSR count). The molecular formula is C15H13ClN2O3. The van der Waals surface area contributed by atoms with Crippen LogP contribution in [0.4, 0.5) is 5.69 Å². The Morgan fingerprint density at radius 3 is 2.90 bits per heavy atom. The van der Waals surface area contributed by atoms with Crippen molar-refractivity contribution in [1.82, 2.24) is 4.98 Å². The third-order valence-electron chi connectivity index (χ3n) is 3.57. The van der Waals surface area contributed by atoms with Gasteiger partial charge in [0.2, 0.25) is 0 Å². The van der Waals surface area contributed by atoms with E-state index in [1.165, 1.54) is 17.7 Å². The minimum Gasteiger partial charge on any atom is -0.465 e. The molecule has 0 N–H and O–H groups in total. The van der Waals surface area contributed by atoms with Gasteiger partial charge in [-0.1, -0.05) is 35.9 Å². The highest BCUT2D eigenvalue weighted by Gasteiger charge is 2.26. The van der Waals surface area contributed by atoms with E-state index in [9.17, 15) is 10.1 Å². The van der Waals surface area contributed by atoms with E-state index in [1.54, 1.807) is 0 Å². The Hall–Kier alpha value is -2.14. The molecule has 0 spiro atoms. The molecule has 1 aromatic heterocycles. The molecule has 2 aromatic rings. The zero-order valence-electron chi connectivity index (χ0n) is 11.2. The number of nitro groups is 1. The SMILES string of the molecule is O=[N+]([O-])c1ccc(Cl)nc1OC1CCCc2ccccc21. The maximum atomic E-state index is 11.1. The second-order valence-electron chi connectivity index (χ2n) is 4.91. The molecule has 1 unspecified atom stereocenters. The van der Waals surface area contributed by atoms with Crippen molar-refractivity contribution >= 4 is 17.3 Å². The lowest BCUT2D eigenvalue weighted by atomic mass is 9.89. The lowest BCUT2D eigenvalue weighted by Gasteiger charge is -2.25. The van der Waals surface area contributed by atoms with Crippen molar-refractivity contribution in [3.05, 3.63) is 62.8 Å². The molecule has 1 heterocycles. The summed E-state index contributed by atoms with van der Waals surface area (Å²) in [6, 6.07) is 10.7. The van der Waals surface area contributed by atoms with Crippen LogP contribution < -0.4 is 4.74 Å². The van der Waals surface area contributed by atoms with E-state index in [2.05, 4.69) is 11.1 Å². The molecule has 0 saturated heterocycles. The van der Waals surface area contributed by atoms with Crippen LogP contribution in [0.5, 0.6) is 5.88 Å². The zero-order chi connectivity index (χ0) is 14.8. The van der Waals surface area contributed by atoms with Crippen molar-refractivity contribution < 1.29 is 9.66 Å². The van der Waals surface area contributed by atoms with E-state index in [0.717, 1.165) is 24.8 Å². The predicted octanol–water partition coefficient (Wildman–Crippen LogP) is 4.10. The second kappa shape index (κ2) is 5.69. The summed E-state index contributed by atoms with van der Waals surface area (Å²) < 4.78 is 5.82. The van der Waals surface area contributed by atoms with Crippen molar-refractivity contribution in [3.63, 3.8) is 0 Å². The van der Waals surface area contributed by atoms with Crippen LogP contribution in [0.3, 0.4) is 0 Å². The fourth-order valence-electron chi connectivity index (χ4n) is 2.60. The Balaban J connectivity index is 1.95. The number of benzene rings is 1. The van der Waals surface area contributed by atoms with Gasteiger partial charge in [-0.25, -0.2) is 0 Å². The van der Waals surface area contributed by atoms with Gasteiger partial charge in [0, 0.05) is 6.07 Å². The monoisotopic (exact) mass is 304 g/mol. The average molecular weight is 305 g/mol. The van der Waals surface area contributed by atoms with Gasteiger partial charge in [0.25, 0.3) is 5.88 Å². The van der Waals surface area contributed by atoms with Crippen molar-refractivity contribution in [1.29, 1.82) is 0 Å². The van der Waals surface area contributed by atoms with Gasteiger partial charge in [0.15, 0.2) is 0 Å². The van der Waals surface area contributed by atoms with E-state index >= 15 is 0 Å². The highest BCUT2D eigenvalue weighted by molar-refractivity contribution is 6.29. The Labute approximate surface area is 126 Å². The van der Waals surface area contributed by atoms with Gasteiger partial charge in [-0.05, 0) is 36.5 Å². The number of rotatable bonds is 3. The molecule has 0 bridgehead atoms. The standard InChI is InChI=1S/C15H13ClN2O3/c16-14-9-8-12(18(19)20)15(17-14)21-13-7-3-5-10-4-1-2-6-11(10)13/h1-2,4,6,8-9,13H,3,5,7H2. The molecule has 0 fully saturated rings. The van der Waals surface area contributed by atoms with Gasteiger partial charge < -0.3 is 4.74 Å². The number of nitrogens with zero attached hydrogens (tertiary/aromatic N) is 2. The summed E-state index contributed by atoms with van der Waals surface area (Å²) >= 11 is 5.83.